The molecule has 2 aromatic carbocycles. The van der Waals surface area contributed by atoms with Gasteiger partial charge in [-0.25, -0.2) is 24.4 Å². The second-order valence-corrected chi connectivity index (χ2v) is 16.1. The van der Waals surface area contributed by atoms with Gasteiger partial charge in [0, 0.05) is 12.4 Å². The van der Waals surface area contributed by atoms with Crippen LogP contribution in [-0.2, 0) is 30.6 Å². The van der Waals surface area contributed by atoms with E-state index in [1.807, 2.05) is 51.1 Å². The highest BCUT2D eigenvalue weighted by atomic mass is 35.5. The van der Waals surface area contributed by atoms with Crippen molar-refractivity contribution in [3.8, 4) is 5.75 Å². The highest BCUT2D eigenvalue weighted by Crippen LogP contribution is 2.50. The minimum absolute atomic E-state index is 0.184. The number of fused-ring (bicyclic) bond motifs is 2. The Labute approximate surface area is 282 Å². The average Bonchev–Trinajstić information content (AvgIpc) is 3.56. The van der Waals surface area contributed by atoms with Gasteiger partial charge in [-0.2, -0.15) is 0 Å². The van der Waals surface area contributed by atoms with Crippen LogP contribution in [0.15, 0.2) is 48.8 Å². The third kappa shape index (κ3) is 7.54. The molecule has 1 fully saturated rings. The lowest BCUT2D eigenvalue weighted by Gasteiger charge is -2.33. The van der Waals surface area contributed by atoms with Crippen molar-refractivity contribution in [3.05, 3.63) is 54.6 Å². The van der Waals surface area contributed by atoms with Crippen molar-refractivity contribution in [1.82, 2.24) is 24.6 Å². The van der Waals surface area contributed by atoms with Crippen LogP contribution in [0.5, 0.6) is 5.75 Å². The molecule has 1 unspecified atom stereocenters. The highest BCUT2D eigenvalue weighted by molar-refractivity contribution is 8.09. The summed E-state index contributed by atoms with van der Waals surface area (Å²) in [5, 5.41) is 18.9. The van der Waals surface area contributed by atoms with Gasteiger partial charge in [-0.1, -0.05) is 57.2 Å². The zero-order valence-corrected chi connectivity index (χ0v) is 29.4. The number of hydrogen-bond donors (Lipinski definition) is 3. The second kappa shape index (κ2) is 13.9. The number of ether oxygens (including phenoxy) is 2. The second-order valence-electron chi connectivity index (χ2n) is 12.6. The summed E-state index contributed by atoms with van der Waals surface area (Å²) < 4.78 is 41.6. The summed E-state index contributed by atoms with van der Waals surface area (Å²) in [4.78, 5) is 26.1. The number of esters is 1. The molecule has 1 saturated heterocycles. The van der Waals surface area contributed by atoms with Gasteiger partial charge in [0.05, 0.1) is 25.4 Å². The van der Waals surface area contributed by atoms with Gasteiger partial charge in [-0.3, -0.25) is 9.36 Å². The minimum Gasteiger partial charge on any atom is -0.464 e. The van der Waals surface area contributed by atoms with Crippen LogP contribution < -0.4 is 14.9 Å². The quantitative estimate of drug-likeness (QED) is 0.0983. The van der Waals surface area contributed by atoms with E-state index >= 15 is 4.39 Å². The molecule has 0 amide bonds. The number of aliphatic hydroxyl groups excluding tert-OH is 1. The first-order valence-electron chi connectivity index (χ1n) is 15.0. The molecule has 16 heteroatoms. The minimum atomic E-state index is -3.65. The largest absolute Gasteiger partial charge is 0.464 e. The fourth-order valence-corrected chi connectivity index (χ4v) is 7.82. The summed E-state index contributed by atoms with van der Waals surface area (Å²) in [6.45, 7) is 5.17. The lowest BCUT2D eigenvalue weighted by Crippen LogP contribution is -2.48. The molecular weight excluding hydrogens is 670 g/mol. The SMILES string of the molecule is CNc1nc(C)nc2c1ncn2[C@@H]1O[C@](CCl)(COP(=S)(N[C@@H](C)C(=O)OCC(C)(C)C)Oc2cccc3ccccc23)[C@@H](O)[C@H]1F. The average molecular weight is 709 g/mol. The van der Waals surface area contributed by atoms with E-state index in [9.17, 15) is 9.90 Å². The molecule has 0 aliphatic carbocycles. The molecule has 0 bridgehead atoms. The molecule has 5 rings (SSSR count). The number of rotatable bonds is 12. The smallest absolute Gasteiger partial charge is 0.323 e. The van der Waals surface area contributed by atoms with Crippen LogP contribution in [-0.4, -0.2) is 80.7 Å². The molecule has 12 nitrogen and oxygen atoms in total. The van der Waals surface area contributed by atoms with Gasteiger partial charge in [-0.15, -0.1) is 11.6 Å². The monoisotopic (exact) mass is 708 g/mol. The summed E-state index contributed by atoms with van der Waals surface area (Å²) in [6.07, 6.45) is -3.66. The number of hydrogen-bond acceptors (Lipinski definition) is 11. The van der Waals surface area contributed by atoms with E-state index < -0.39 is 49.4 Å². The molecule has 0 saturated carbocycles. The summed E-state index contributed by atoms with van der Waals surface area (Å²) in [6, 6.07) is 12.1. The topological polar surface area (TPSA) is 142 Å². The Balaban J connectivity index is 1.44. The van der Waals surface area contributed by atoms with E-state index in [4.69, 9.17) is 41.9 Å². The fraction of sp³-hybridized carbons (Fsp3) is 0.484. The van der Waals surface area contributed by atoms with E-state index in [1.165, 1.54) is 10.9 Å². The van der Waals surface area contributed by atoms with Gasteiger partial charge in [0.25, 0.3) is 0 Å². The van der Waals surface area contributed by atoms with E-state index in [-0.39, 0.29) is 17.9 Å². The molecule has 3 N–H and O–H groups in total. The Hall–Kier alpha value is -2.97. The van der Waals surface area contributed by atoms with Gasteiger partial charge < -0.3 is 28.9 Å². The Bertz CT molecular complexity index is 1800. The van der Waals surface area contributed by atoms with Crippen LogP contribution in [0.3, 0.4) is 0 Å². The summed E-state index contributed by atoms with van der Waals surface area (Å²) in [5.74, 6) is 0.373. The van der Waals surface area contributed by atoms with Crippen LogP contribution in [0.4, 0.5) is 10.2 Å². The highest BCUT2D eigenvalue weighted by Gasteiger charge is 2.57. The Kier molecular flexibility index (Phi) is 10.4. The zero-order chi connectivity index (χ0) is 34.1. The van der Waals surface area contributed by atoms with Gasteiger partial charge in [0.15, 0.2) is 29.4 Å². The number of nitrogens with one attached hydrogen (secondary N) is 2. The van der Waals surface area contributed by atoms with E-state index in [0.29, 0.717) is 28.6 Å². The number of benzene rings is 2. The predicted octanol–water partition coefficient (Wildman–Crippen LogP) is 5.42. The van der Waals surface area contributed by atoms with Crippen LogP contribution >= 0.6 is 18.2 Å². The third-order valence-corrected chi connectivity index (χ3v) is 10.5. The first-order valence-corrected chi connectivity index (χ1v) is 18.2. The normalized spacial score (nSPS) is 23.5. The van der Waals surface area contributed by atoms with Crippen molar-refractivity contribution >= 4 is 63.8 Å². The Morgan fingerprint density at radius 2 is 1.98 bits per heavy atom. The fourth-order valence-electron chi connectivity index (χ4n) is 5.08. The van der Waals surface area contributed by atoms with Crippen molar-refractivity contribution < 1.29 is 32.8 Å². The number of carbonyl (C=O) groups is 1. The van der Waals surface area contributed by atoms with Crippen LogP contribution in [0.1, 0.15) is 39.7 Å². The number of aliphatic hydroxyl groups is 1. The third-order valence-electron chi connectivity index (χ3n) is 7.54. The van der Waals surface area contributed by atoms with Crippen molar-refractivity contribution in [2.75, 3.05) is 31.5 Å². The van der Waals surface area contributed by atoms with Gasteiger partial charge >= 0.3 is 12.6 Å². The number of anilines is 1. The van der Waals surface area contributed by atoms with E-state index in [0.717, 1.165) is 10.8 Å². The van der Waals surface area contributed by atoms with E-state index in [1.54, 1.807) is 33.0 Å². The van der Waals surface area contributed by atoms with Crippen LogP contribution in [0.25, 0.3) is 21.9 Å². The van der Waals surface area contributed by atoms with Crippen LogP contribution in [0, 0.1) is 12.3 Å². The first-order chi connectivity index (χ1) is 22.2. The number of nitrogens with zero attached hydrogens (tertiary/aromatic N) is 4. The number of halogens is 2. The Morgan fingerprint density at radius 3 is 2.68 bits per heavy atom. The number of imidazole rings is 1. The molecule has 254 valence electrons. The summed E-state index contributed by atoms with van der Waals surface area (Å²) >= 11 is 12.3. The molecule has 6 atom stereocenters. The first kappa shape index (κ1) is 35.3. The lowest BCUT2D eigenvalue weighted by atomic mass is 9.99. The summed E-state index contributed by atoms with van der Waals surface area (Å²) in [5.41, 5.74) is -1.31. The molecule has 2 aromatic heterocycles. The van der Waals surface area contributed by atoms with Gasteiger partial charge in [-0.05, 0) is 42.5 Å². The van der Waals surface area contributed by atoms with E-state index in [2.05, 4.69) is 25.4 Å². The molecule has 47 heavy (non-hydrogen) atoms. The standard InChI is InChI=1S/C31H39ClFN6O6PS/c1-18(29(41)42-15-30(3,4)5)38-46(47,45-22-13-9-11-20-10-7-8-12-21(20)22)43-16-31(14-32)25(40)23(33)28(44-31)39-17-35-24-26(34-6)36-19(2)37-27(24)39/h7-13,17-18,23,25,28,40H,14-16H2,1-6H3,(H,38,47)(H,34,36,37)/t18-,23+,25-,28+,31+,46?/m0/s1. The molecular formula is C31H39ClFN6O6PS. The van der Waals surface area contributed by atoms with Crippen LogP contribution in [0.2, 0.25) is 0 Å². The molecule has 4 aromatic rings. The van der Waals surface area contributed by atoms with Gasteiger partial charge in [0.1, 0.15) is 29.3 Å². The summed E-state index contributed by atoms with van der Waals surface area (Å²) in [7, 11) is 1.69. The number of carbonyl (C=O) groups excluding carboxylic acids is 1. The van der Waals surface area contributed by atoms with Gasteiger partial charge in [0.2, 0.25) is 0 Å². The number of aryl methyl sites for hydroxylation is 1. The molecule has 1 aliphatic rings. The molecule has 1 aliphatic heterocycles. The van der Waals surface area contributed by atoms with Crippen molar-refractivity contribution in [1.29, 1.82) is 0 Å². The maximum atomic E-state index is 16.0. The molecule has 0 radical (unpaired) electrons. The Morgan fingerprint density at radius 1 is 1.26 bits per heavy atom. The number of aromatic nitrogens is 4. The maximum Gasteiger partial charge on any atom is 0.323 e. The number of alkyl halides is 2. The van der Waals surface area contributed by atoms with Crippen molar-refractivity contribution in [2.45, 2.75) is 64.8 Å². The maximum absolute atomic E-state index is 16.0. The lowest BCUT2D eigenvalue weighted by molar-refractivity contribution is -0.148. The van der Waals surface area contributed by atoms with Crippen molar-refractivity contribution in [2.24, 2.45) is 5.41 Å². The molecule has 3 heterocycles. The predicted molar refractivity (Wildman–Crippen MR) is 182 cm³/mol. The van der Waals surface area contributed by atoms with Crippen molar-refractivity contribution in [3.63, 3.8) is 0 Å². The molecule has 0 spiro atoms. The zero-order valence-electron chi connectivity index (χ0n) is 26.9.